The van der Waals surface area contributed by atoms with E-state index in [9.17, 15) is 14.4 Å². The van der Waals surface area contributed by atoms with Gasteiger partial charge in [-0.1, -0.05) is 231 Å². The molecule has 0 N–H and O–H groups in total. The summed E-state index contributed by atoms with van der Waals surface area (Å²) in [6.45, 7) is 6.55. The van der Waals surface area contributed by atoms with E-state index in [-0.39, 0.29) is 31.1 Å². The summed E-state index contributed by atoms with van der Waals surface area (Å²) in [6.07, 6.45) is 61.7. The smallest absolute Gasteiger partial charge is 0.306 e. The minimum absolute atomic E-state index is 0.0732. The third kappa shape index (κ3) is 50.5. The first-order valence-corrected chi connectivity index (χ1v) is 27.5. The molecule has 0 amide bonds. The van der Waals surface area contributed by atoms with Gasteiger partial charge in [-0.25, -0.2) is 0 Å². The summed E-state index contributed by atoms with van der Waals surface area (Å²) in [5, 5.41) is 0. The van der Waals surface area contributed by atoms with Gasteiger partial charge >= 0.3 is 17.9 Å². The number of hydrogen-bond acceptors (Lipinski definition) is 6. The topological polar surface area (TPSA) is 78.9 Å². The average Bonchev–Trinajstić information content (AvgIpc) is 3.28. The molecule has 1 atom stereocenters. The molecule has 0 spiro atoms. The lowest BCUT2D eigenvalue weighted by atomic mass is 10.1. The third-order valence-electron chi connectivity index (χ3n) is 12.1. The number of hydrogen-bond donors (Lipinski definition) is 0. The van der Waals surface area contributed by atoms with Crippen LogP contribution in [0.15, 0.2) is 36.5 Å². The van der Waals surface area contributed by atoms with E-state index in [1.807, 2.05) is 0 Å². The Balaban J connectivity index is 4.11. The number of ether oxygens (including phenoxy) is 3. The molecule has 0 aromatic rings. The Kier molecular flexibility index (Phi) is 50.3. The van der Waals surface area contributed by atoms with Crippen molar-refractivity contribution in [3.63, 3.8) is 0 Å². The van der Waals surface area contributed by atoms with Crippen LogP contribution in [0.3, 0.4) is 0 Å². The predicted molar refractivity (Wildman–Crippen MR) is 270 cm³/mol. The molecule has 0 aromatic heterocycles. The van der Waals surface area contributed by atoms with Crippen molar-refractivity contribution < 1.29 is 28.6 Å². The van der Waals surface area contributed by atoms with Crippen LogP contribution in [0, 0.1) is 0 Å². The molecule has 63 heavy (non-hydrogen) atoms. The molecule has 6 heteroatoms. The van der Waals surface area contributed by atoms with Crippen LogP contribution >= 0.6 is 0 Å². The minimum Gasteiger partial charge on any atom is -0.462 e. The Hall–Kier alpha value is -2.37. The summed E-state index contributed by atoms with van der Waals surface area (Å²) in [4.78, 5) is 37.7. The van der Waals surface area contributed by atoms with Gasteiger partial charge in [-0.2, -0.15) is 0 Å². The molecule has 0 fully saturated rings. The minimum atomic E-state index is -0.770. The molecule has 0 aromatic carbocycles. The highest BCUT2D eigenvalue weighted by atomic mass is 16.6. The molecule has 6 nitrogen and oxygen atoms in total. The third-order valence-corrected chi connectivity index (χ3v) is 12.1. The van der Waals surface area contributed by atoms with Crippen LogP contribution in [0.2, 0.25) is 0 Å². The molecule has 0 bridgehead atoms. The molecule has 0 radical (unpaired) electrons. The normalized spacial score (nSPS) is 12.2. The van der Waals surface area contributed by atoms with Gasteiger partial charge in [0.05, 0.1) is 0 Å². The summed E-state index contributed by atoms with van der Waals surface area (Å²) in [5.74, 6) is -0.882. The molecule has 0 aliphatic heterocycles. The second kappa shape index (κ2) is 52.3. The SMILES string of the molecule is CCCCC/C=C\C/C=C\CCCCCCCCCCCC(=O)OC(COC(=O)CCCCCCC)COC(=O)CCCCCCCCCCC/C=C\CCCCCCCCCC. The zero-order valence-electron chi connectivity index (χ0n) is 42.1. The van der Waals surface area contributed by atoms with Crippen LogP contribution in [-0.2, 0) is 28.6 Å². The lowest BCUT2D eigenvalue weighted by Crippen LogP contribution is -2.30. The first-order chi connectivity index (χ1) is 31.0. The lowest BCUT2D eigenvalue weighted by Gasteiger charge is -2.18. The Bertz CT molecular complexity index is 1060. The predicted octanol–water partition coefficient (Wildman–Crippen LogP) is 18.1. The molecule has 0 heterocycles. The van der Waals surface area contributed by atoms with Crippen LogP contribution in [0.1, 0.15) is 290 Å². The van der Waals surface area contributed by atoms with Gasteiger partial charge in [0, 0.05) is 19.3 Å². The van der Waals surface area contributed by atoms with Crippen molar-refractivity contribution in [2.24, 2.45) is 0 Å². The number of carbonyl (C=O) groups is 3. The Morgan fingerprint density at radius 2 is 0.571 bits per heavy atom. The maximum absolute atomic E-state index is 12.8. The molecule has 0 rings (SSSR count). The highest BCUT2D eigenvalue weighted by molar-refractivity contribution is 5.71. The standard InChI is InChI=1S/C57H104O6/c1-4-7-10-13-15-17-19-21-23-25-27-28-30-31-33-35-37-39-41-44-47-50-56(59)62-53-54(52-61-55(58)49-46-43-12-9-6-3)63-57(60)51-48-45-42-40-38-36-34-32-29-26-24-22-20-18-16-14-11-8-5-2/h16,18,22,24-25,27,54H,4-15,17,19-21,23,26,28-53H2,1-3H3/b18-16-,24-22-,27-25-. The van der Waals surface area contributed by atoms with Crippen LogP contribution in [0.25, 0.3) is 0 Å². The number of carbonyl (C=O) groups excluding carboxylic acids is 3. The summed E-state index contributed by atoms with van der Waals surface area (Å²) in [5.41, 5.74) is 0. The highest BCUT2D eigenvalue weighted by Crippen LogP contribution is 2.16. The van der Waals surface area contributed by atoms with Gasteiger partial charge in [0.25, 0.3) is 0 Å². The molecule has 1 unspecified atom stereocenters. The summed E-state index contributed by atoms with van der Waals surface area (Å²) >= 11 is 0. The Labute approximate surface area is 391 Å². The average molecular weight is 885 g/mol. The van der Waals surface area contributed by atoms with Crippen molar-refractivity contribution in [3.8, 4) is 0 Å². The second-order valence-electron chi connectivity index (χ2n) is 18.5. The molecule has 368 valence electrons. The van der Waals surface area contributed by atoms with Gasteiger partial charge in [0.1, 0.15) is 13.2 Å². The lowest BCUT2D eigenvalue weighted by molar-refractivity contribution is -0.167. The van der Waals surface area contributed by atoms with Gasteiger partial charge in [-0.3, -0.25) is 14.4 Å². The largest absolute Gasteiger partial charge is 0.462 e. The molecule has 0 saturated heterocycles. The molecule has 0 aliphatic rings. The van der Waals surface area contributed by atoms with E-state index in [1.54, 1.807) is 0 Å². The van der Waals surface area contributed by atoms with E-state index in [0.29, 0.717) is 19.3 Å². The van der Waals surface area contributed by atoms with Crippen molar-refractivity contribution in [3.05, 3.63) is 36.5 Å². The van der Waals surface area contributed by atoms with Gasteiger partial charge in [0.2, 0.25) is 0 Å². The number of unbranched alkanes of at least 4 members (excludes halogenated alkanes) is 33. The fraction of sp³-hybridized carbons (Fsp3) is 0.842. The fourth-order valence-electron chi connectivity index (χ4n) is 7.94. The summed E-state index contributed by atoms with van der Waals surface area (Å²) in [6, 6.07) is 0. The molecular weight excluding hydrogens is 781 g/mol. The van der Waals surface area contributed by atoms with Gasteiger partial charge < -0.3 is 14.2 Å². The summed E-state index contributed by atoms with van der Waals surface area (Å²) < 4.78 is 16.7. The fourth-order valence-corrected chi connectivity index (χ4v) is 7.94. The molecular formula is C57H104O6. The van der Waals surface area contributed by atoms with Crippen LogP contribution < -0.4 is 0 Å². The van der Waals surface area contributed by atoms with Crippen molar-refractivity contribution in [2.75, 3.05) is 13.2 Å². The van der Waals surface area contributed by atoms with E-state index < -0.39 is 6.10 Å². The summed E-state index contributed by atoms with van der Waals surface area (Å²) in [7, 11) is 0. The first-order valence-electron chi connectivity index (χ1n) is 27.5. The Morgan fingerprint density at radius 1 is 0.317 bits per heavy atom. The van der Waals surface area contributed by atoms with Gasteiger partial charge in [-0.15, -0.1) is 0 Å². The van der Waals surface area contributed by atoms with Crippen molar-refractivity contribution in [1.29, 1.82) is 0 Å². The maximum Gasteiger partial charge on any atom is 0.306 e. The zero-order chi connectivity index (χ0) is 45.8. The van der Waals surface area contributed by atoms with Crippen molar-refractivity contribution >= 4 is 17.9 Å². The van der Waals surface area contributed by atoms with E-state index in [0.717, 1.165) is 70.6 Å². The highest BCUT2D eigenvalue weighted by Gasteiger charge is 2.19. The monoisotopic (exact) mass is 885 g/mol. The van der Waals surface area contributed by atoms with E-state index >= 15 is 0 Å². The van der Waals surface area contributed by atoms with Crippen LogP contribution in [0.4, 0.5) is 0 Å². The first kappa shape index (κ1) is 60.6. The van der Waals surface area contributed by atoms with Gasteiger partial charge in [0.15, 0.2) is 6.10 Å². The number of esters is 3. The maximum atomic E-state index is 12.8. The van der Waals surface area contributed by atoms with Crippen LogP contribution in [0.5, 0.6) is 0 Å². The van der Waals surface area contributed by atoms with E-state index in [4.69, 9.17) is 14.2 Å². The second-order valence-corrected chi connectivity index (χ2v) is 18.5. The molecule has 0 saturated carbocycles. The van der Waals surface area contributed by atoms with E-state index in [2.05, 4.69) is 57.2 Å². The van der Waals surface area contributed by atoms with Gasteiger partial charge in [-0.05, 0) is 77.0 Å². The number of allylic oxidation sites excluding steroid dienone is 6. The number of rotatable bonds is 50. The van der Waals surface area contributed by atoms with E-state index in [1.165, 1.54) is 180 Å². The Morgan fingerprint density at radius 3 is 0.921 bits per heavy atom. The molecule has 0 aliphatic carbocycles. The van der Waals surface area contributed by atoms with Crippen molar-refractivity contribution in [1.82, 2.24) is 0 Å². The zero-order valence-corrected chi connectivity index (χ0v) is 42.1. The quantitative estimate of drug-likeness (QED) is 0.0262. The van der Waals surface area contributed by atoms with Crippen molar-refractivity contribution in [2.45, 2.75) is 297 Å². The van der Waals surface area contributed by atoms with Crippen LogP contribution in [-0.4, -0.2) is 37.2 Å².